The fourth-order valence-electron chi connectivity index (χ4n) is 2.43. The Labute approximate surface area is 102 Å². The van der Waals surface area contributed by atoms with Crippen molar-refractivity contribution < 1.29 is 9.13 Å². The van der Waals surface area contributed by atoms with Gasteiger partial charge in [-0.1, -0.05) is 12.8 Å². The Morgan fingerprint density at radius 3 is 2.53 bits per heavy atom. The number of rotatable bonds is 3. The molecule has 2 unspecified atom stereocenters. The van der Waals surface area contributed by atoms with Gasteiger partial charge in [0.25, 0.3) is 0 Å². The zero-order chi connectivity index (χ0) is 12.1. The van der Waals surface area contributed by atoms with Crippen LogP contribution in [0.25, 0.3) is 0 Å². The molecule has 0 bridgehead atoms. The summed E-state index contributed by atoms with van der Waals surface area (Å²) < 4.78 is 18.8. The first kappa shape index (κ1) is 12.4. The smallest absolute Gasteiger partial charge is 0.123 e. The molecule has 1 aliphatic rings. The van der Waals surface area contributed by atoms with Crippen molar-refractivity contribution in [1.29, 1.82) is 0 Å². The highest BCUT2D eigenvalue weighted by Crippen LogP contribution is 2.23. The van der Waals surface area contributed by atoms with E-state index in [0.717, 1.165) is 18.6 Å². The molecule has 1 fully saturated rings. The van der Waals surface area contributed by atoms with Crippen molar-refractivity contribution in [1.82, 2.24) is 5.32 Å². The zero-order valence-corrected chi connectivity index (χ0v) is 10.3. The van der Waals surface area contributed by atoms with Gasteiger partial charge < -0.3 is 10.1 Å². The van der Waals surface area contributed by atoms with Crippen molar-refractivity contribution in [2.75, 3.05) is 7.05 Å². The first-order valence-corrected chi connectivity index (χ1v) is 6.39. The molecule has 2 atom stereocenters. The molecule has 1 N–H and O–H groups in total. The van der Waals surface area contributed by atoms with Crippen LogP contribution >= 0.6 is 0 Å². The van der Waals surface area contributed by atoms with Crippen LogP contribution in [0.1, 0.15) is 32.1 Å². The summed E-state index contributed by atoms with van der Waals surface area (Å²) >= 11 is 0. The molecule has 0 saturated heterocycles. The van der Waals surface area contributed by atoms with Crippen molar-refractivity contribution in [3.8, 4) is 5.75 Å². The summed E-state index contributed by atoms with van der Waals surface area (Å²) in [7, 11) is 1.98. The van der Waals surface area contributed by atoms with E-state index in [0.29, 0.717) is 6.04 Å². The molecule has 0 spiro atoms. The van der Waals surface area contributed by atoms with Gasteiger partial charge in [-0.2, -0.15) is 0 Å². The van der Waals surface area contributed by atoms with E-state index in [1.54, 1.807) is 12.1 Å². The number of halogens is 1. The van der Waals surface area contributed by atoms with Crippen LogP contribution in [0, 0.1) is 5.82 Å². The molecule has 1 aliphatic carbocycles. The molecule has 1 aromatic rings. The fraction of sp³-hybridized carbons (Fsp3) is 0.571. The van der Waals surface area contributed by atoms with Crippen molar-refractivity contribution in [3.05, 3.63) is 30.1 Å². The first-order valence-electron chi connectivity index (χ1n) is 6.39. The number of benzene rings is 1. The maximum absolute atomic E-state index is 12.8. The van der Waals surface area contributed by atoms with E-state index in [4.69, 9.17) is 4.74 Å². The second kappa shape index (κ2) is 6.01. The van der Waals surface area contributed by atoms with E-state index >= 15 is 0 Å². The molecule has 0 aliphatic heterocycles. The summed E-state index contributed by atoms with van der Waals surface area (Å²) in [5, 5.41) is 3.33. The number of ether oxygens (including phenoxy) is 1. The van der Waals surface area contributed by atoms with Crippen LogP contribution in [-0.2, 0) is 0 Å². The van der Waals surface area contributed by atoms with Gasteiger partial charge in [0, 0.05) is 6.04 Å². The highest BCUT2D eigenvalue weighted by molar-refractivity contribution is 5.22. The van der Waals surface area contributed by atoms with E-state index in [-0.39, 0.29) is 11.9 Å². The van der Waals surface area contributed by atoms with Crippen molar-refractivity contribution in [2.24, 2.45) is 0 Å². The Kier molecular flexibility index (Phi) is 4.37. The third-order valence-corrected chi connectivity index (χ3v) is 3.42. The lowest BCUT2D eigenvalue weighted by Crippen LogP contribution is -2.40. The number of nitrogens with one attached hydrogen (secondary N) is 1. The molecule has 1 aromatic carbocycles. The summed E-state index contributed by atoms with van der Waals surface area (Å²) in [5.41, 5.74) is 0. The second-order valence-electron chi connectivity index (χ2n) is 4.64. The Balaban J connectivity index is 2.01. The van der Waals surface area contributed by atoms with E-state index in [1.807, 2.05) is 7.05 Å². The van der Waals surface area contributed by atoms with Gasteiger partial charge >= 0.3 is 0 Å². The minimum atomic E-state index is -0.219. The van der Waals surface area contributed by atoms with Gasteiger partial charge in [-0.15, -0.1) is 0 Å². The minimum Gasteiger partial charge on any atom is -0.489 e. The molecule has 0 radical (unpaired) electrons. The molecule has 2 nitrogen and oxygen atoms in total. The SMILES string of the molecule is CNC1CCCCCC1Oc1ccc(F)cc1. The third-order valence-electron chi connectivity index (χ3n) is 3.42. The largest absolute Gasteiger partial charge is 0.489 e. The molecule has 0 aromatic heterocycles. The lowest BCUT2D eigenvalue weighted by molar-refractivity contribution is 0.148. The summed E-state index contributed by atoms with van der Waals surface area (Å²) in [4.78, 5) is 0. The molecule has 1 saturated carbocycles. The van der Waals surface area contributed by atoms with Crippen molar-refractivity contribution >= 4 is 0 Å². The van der Waals surface area contributed by atoms with Gasteiger partial charge in [0.05, 0.1) is 0 Å². The summed E-state index contributed by atoms with van der Waals surface area (Å²) in [5.74, 6) is 0.543. The van der Waals surface area contributed by atoms with Crippen molar-refractivity contribution in [2.45, 2.75) is 44.2 Å². The highest BCUT2D eigenvalue weighted by atomic mass is 19.1. The molecule has 0 heterocycles. The van der Waals surface area contributed by atoms with Crippen LogP contribution in [0.4, 0.5) is 4.39 Å². The van der Waals surface area contributed by atoms with Gasteiger partial charge in [-0.05, 0) is 50.6 Å². The Hall–Kier alpha value is -1.09. The van der Waals surface area contributed by atoms with E-state index in [9.17, 15) is 4.39 Å². The van der Waals surface area contributed by atoms with Crippen molar-refractivity contribution in [3.63, 3.8) is 0 Å². The van der Waals surface area contributed by atoms with Crippen LogP contribution in [0.5, 0.6) is 5.75 Å². The van der Waals surface area contributed by atoms with Crippen LogP contribution in [0.15, 0.2) is 24.3 Å². The lowest BCUT2D eigenvalue weighted by Gasteiger charge is -2.25. The average molecular weight is 237 g/mol. The molecule has 3 heteroatoms. The van der Waals surface area contributed by atoms with E-state index in [2.05, 4.69) is 5.32 Å². The van der Waals surface area contributed by atoms with Crippen LogP contribution in [0.2, 0.25) is 0 Å². The molecule has 17 heavy (non-hydrogen) atoms. The van der Waals surface area contributed by atoms with E-state index < -0.39 is 0 Å². The molecule has 94 valence electrons. The third kappa shape index (κ3) is 3.43. The zero-order valence-electron chi connectivity index (χ0n) is 10.3. The van der Waals surface area contributed by atoms with Crippen LogP contribution in [-0.4, -0.2) is 19.2 Å². The first-order chi connectivity index (χ1) is 8.29. The molecular formula is C14H20FNO. The van der Waals surface area contributed by atoms with Crippen LogP contribution < -0.4 is 10.1 Å². The lowest BCUT2D eigenvalue weighted by atomic mass is 10.1. The van der Waals surface area contributed by atoms with Gasteiger partial charge in [0.2, 0.25) is 0 Å². The summed E-state index contributed by atoms with van der Waals surface area (Å²) in [6.07, 6.45) is 6.18. The number of hydrogen-bond acceptors (Lipinski definition) is 2. The summed E-state index contributed by atoms with van der Waals surface area (Å²) in [6.45, 7) is 0. The predicted octanol–water partition coefficient (Wildman–Crippen LogP) is 3.13. The number of hydrogen-bond donors (Lipinski definition) is 1. The molecular weight excluding hydrogens is 217 g/mol. The molecule has 0 amide bonds. The van der Waals surface area contributed by atoms with E-state index in [1.165, 1.54) is 31.4 Å². The Morgan fingerprint density at radius 2 is 1.82 bits per heavy atom. The Morgan fingerprint density at radius 1 is 1.12 bits per heavy atom. The van der Waals surface area contributed by atoms with Gasteiger partial charge in [0.1, 0.15) is 17.7 Å². The predicted molar refractivity (Wildman–Crippen MR) is 66.7 cm³/mol. The minimum absolute atomic E-state index is 0.202. The maximum Gasteiger partial charge on any atom is 0.123 e. The van der Waals surface area contributed by atoms with Gasteiger partial charge in [-0.3, -0.25) is 0 Å². The quantitative estimate of drug-likeness (QED) is 0.815. The van der Waals surface area contributed by atoms with Gasteiger partial charge in [0.15, 0.2) is 0 Å². The number of likely N-dealkylation sites (N-methyl/N-ethyl adjacent to an activating group) is 1. The topological polar surface area (TPSA) is 21.3 Å². The maximum atomic E-state index is 12.8. The normalized spacial score (nSPS) is 25.3. The van der Waals surface area contributed by atoms with Gasteiger partial charge in [-0.25, -0.2) is 4.39 Å². The molecule has 2 rings (SSSR count). The van der Waals surface area contributed by atoms with Crippen LogP contribution in [0.3, 0.4) is 0 Å². The Bertz CT molecular complexity index is 339. The summed E-state index contributed by atoms with van der Waals surface area (Å²) in [6, 6.07) is 6.70. The average Bonchev–Trinajstić information content (AvgIpc) is 2.57. The fourth-order valence-corrected chi connectivity index (χ4v) is 2.43. The highest BCUT2D eigenvalue weighted by Gasteiger charge is 2.23. The standard InChI is InChI=1S/C14H20FNO/c1-16-13-5-3-2-4-6-14(13)17-12-9-7-11(15)8-10-12/h7-10,13-14,16H,2-6H2,1H3. The second-order valence-corrected chi connectivity index (χ2v) is 4.64. The monoisotopic (exact) mass is 237 g/mol.